The molecule has 26 heavy (non-hydrogen) atoms. The van der Waals surface area contributed by atoms with Gasteiger partial charge in [0.25, 0.3) is 11.8 Å². The van der Waals surface area contributed by atoms with Gasteiger partial charge in [0.2, 0.25) is 0 Å². The maximum atomic E-state index is 12.1. The van der Waals surface area contributed by atoms with Gasteiger partial charge in [-0.2, -0.15) is 0 Å². The van der Waals surface area contributed by atoms with Gasteiger partial charge in [-0.05, 0) is 35.4 Å². The number of carbonyl (C=O) groups excluding carboxylic acids is 3. The average Bonchev–Trinajstić information content (AvgIpc) is 2.56. The fraction of sp³-hybridized carbons (Fsp3) is 0.550. The Hall–Kier alpha value is -2.37. The number of rotatable bonds is 8. The van der Waals surface area contributed by atoms with Crippen molar-refractivity contribution in [2.24, 2.45) is 5.92 Å². The van der Waals surface area contributed by atoms with Crippen LogP contribution in [-0.2, 0) is 19.7 Å². The van der Waals surface area contributed by atoms with Crippen molar-refractivity contribution in [2.45, 2.75) is 46.5 Å². The molecule has 1 aromatic carbocycles. The van der Waals surface area contributed by atoms with Gasteiger partial charge in [0.1, 0.15) is 6.54 Å². The topological polar surface area (TPSA) is 84.5 Å². The van der Waals surface area contributed by atoms with Crippen molar-refractivity contribution in [1.82, 2.24) is 10.6 Å². The number of benzene rings is 1. The van der Waals surface area contributed by atoms with Crippen molar-refractivity contribution >= 4 is 17.8 Å². The molecule has 144 valence electrons. The largest absolute Gasteiger partial charge is 0.454 e. The second-order valence-corrected chi connectivity index (χ2v) is 7.70. The van der Waals surface area contributed by atoms with Crippen LogP contribution in [0.15, 0.2) is 24.3 Å². The van der Waals surface area contributed by atoms with E-state index in [1.807, 2.05) is 12.1 Å². The van der Waals surface area contributed by atoms with Crippen molar-refractivity contribution in [3.63, 3.8) is 0 Å². The van der Waals surface area contributed by atoms with Crippen LogP contribution in [0, 0.1) is 5.92 Å². The lowest BCUT2D eigenvalue weighted by Crippen LogP contribution is -2.34. The Kier molecular flexibility index (Phi) is 8.29. The summed E-state index contributed by atoms with van der Waals surface area (Å²) in [4.78, 5) is 35.2. The van der Waals surface area contributed by atoms with Crippen LogP contribution in [-0.4, -0.2) is 37.5 Å². The first-order valence-corrected chi connectivity index (χ1v) is 8.90. The molecule has 0 saturated carbocycles. The lowest BCUT2D eigenvalue weighted by molar-refractivity contribution is -0.147. The zero-order chi connectivity index (χ0) is 19.7. The summed E-state index contributed by atoms with van der Waals surface area (Å²) in [5, 5.41) is 5.17. The van der Waals surface area contributed by atoms with E-state index in [9.17, 15) is 14.4 Å². The number of amides is 2. The first-order chi connectivity index (χ1) is 12.1. The molecule has 0 aliphatic heterocycles. The summed E-state index contributed by atoms with van der Waals surface area (Å²) in [6.07, 6.45) is 0.865. The molecule has 2 N–H and O–H groups in total. The Morgan fingerprint density at radius 3 is 2.19 bits per heavy atom. The van der Waals surface area contributed by atoms with E-state index < -0.39 is 5.97 Å². The number of ether oxygens (including phenoxy) is 1. The Morgan fingerprint density at radius 1 is 1.04 bits per heavy atom. The molecule has 1 aromatic rings. The van der Waals surface area contributed by atoms with Crippen molar-refractivity contribution in [3.8, 4) is 0 Å². The highest BCUT2D eigenvalue weighted by atomic mass is 16.5. The van der Waals surface area contributed by atoms with Crippen LogP contribution in [0.5, 0.6) is 0 Å². The molecule has 0 aromatic heterocycles. The van der Waals surface area contributed by atoms with Crippen LogP contribution in [0.1, 0.15) is 57.0 Å². The Bertz CT molecular complexity index is 616. The molecular weight excluding hydrogens is 332 g/mol. The highest BCUT2D eigenvalue weighted by Crippen LogP contribution is 2.22. The van der Waals surface area contributed by atoms with Crippen molar-refractivity contribution in [2.75, 3.05) is 19.7 Å². The second kappa shape index (κ2) is 9.94. The molecule has 2 amide bonds. The van der Waals surface area contributed by atoms with E-state index in [2.05, 4.69) is 45.3 Å². The minimum atomic E-state index is -0.649. The molecule has 0 unspecified atom stereocenters. The van der Waals surface area contributed by atoms with E-state index in [0.717, 1.165) is 12.0 Å². The van der Waals surface area contributed by atoms with Crippen molar-refractivity contribution < 1.29 is 19.1 Å². The minimum Gasteiger partial charge on any atom is -0.454 e. The molecule has 0 aliphatic carbocycles. The van der Waals surface area contributed by atoms with Gasteiger partial charge < -0.3 is 15.4 Å². The highest BCUT2D eigenvalue weighted by molar-refractivity contribution is 5.96. The summed E-state index contributed by atoms with van der Waals surface area (Å²) in [7, 11) is 0. The van der Waals surface area contributed by atoms with Gasteiger partial charge in [0, 0.05) is 12.1 Å². The number of hydrogen-bond acceptors (Lipinski definition) is 4. The number of hydrogen-bond donors (Lipinski definition) is 2. The van der Waals surface area contributed by atoms with Gasteiger partial charge >= 0.3 is 5.97 Å². The molecule has 1 rings (SSSR count). The van der Waals surface area contributed by atoms with Crippen LogP contribution in [0.2, 0.25) is 0 Å². The SMILES string of the molecule is CC(C)CCNC(=O)COC(=O)CNC(=O)c1ccc(C(C)(C)C)cc1. The number of carbonyl (C=O) groups is 3. The number of nitrogens with one attached hydrogen (secondary N) is 2. The fourth-order valence-corrected chi connectivity index (χ4v) is 2.12. The molecule has 0 fully saturated rings. The van der Waals surface area contributed by atoms with Crippen LogP contribution in [0.3, 0.4) is 0 Å². The first-order valence-electron chi connectivity index (χ1n) is 8.90. The molecule has 0 bridgehead atoms. The summed E-state index contributed by atoms with van der Waals surface area (Å²) >= 11 is 0. The zero-order valence-corrected chi connectivity index (χ0v) is 16.3. The third-order valence-corrected chi connectivity index (χ3v) is 3.81. The van der Waals surface area contributed by atoms with E-state index in [-0.39, 0.29) is 30.4 Å². The lowest BCUT2D eigenvalue weighted by Gasteiger charge is -2.19. The zero-order valence-electron chi connectivity index (χ0n) is 16.3. The summed E-state index contributed by atoms with van der Waals surface area (Å²) < 4.78 is 4.85. The Morgan fingerprint density at radius 2 is 1.65 bits per heavy atom. The fourth-order valence-electron chi connectivity index (χ4n) is 2.12. The first kappa shape index (κ1) is 21.7. The average molecular weight is 362 g/mol. The Labute approximate surface area is 155 Å². The van der Waals surface area contributed by atoms with Gasteiger partial charge in [0.15, 0.2) is 6.61 Å². The maximum Gasteiger partial charge on any atom is 0.325 e. The smallest absolute Gasteiger partial charge is 0.325 e. The van der Waals surface area contributed by atoms with E-state index in [1.54, 1.807) is 12.1 Å². The van der Waals surface area contributed by atoms with Gasteiger partial charge in [-0.3, -0.25) is 14.4 Å². The van der Waals surface area contributed by atoms with Crippen LogP contribution in [0.4, 0.5) is 0 Å². The normalized spacial score (nSPS) is 11.2. The van der Waals surface area contributed by atoms with E-state index in [1.165, 1.54) is 0 Å². The van der Waals surface area contributed by atoms with Gasteiger partial charge in [-0.1, -0.05) is 46.8 Å². The van der Waals surface area contributed by atoms with Crippen LogP contribution in [0.25, 0.3) is 0 Å². The molecule has 6 nitrogen and oxygen atoms in total. The van der Waals surface area contributed by atoms with Gasteiger partial charge in [-0.25, -0.2) is 0 Å². The molecule has 6 heteroatoms. The maximum absolute atomic E-state index is 12.1. The molecule has 0 spiro atoms. The van der Waals surface area contributed by atoms with E-state index in [0.29, 0.717) is 18.0 Å². The van der Waals surface area contributed by atoms with E-state index in [4.69, 9.17) is 4.74 Å². The van der Waals surface area contributed by atoms with Gasteiger partial charge in [-0.15, -0.1) is 0 Å². The molecule has 0 radical (unpaired) electrons. The Balaban J connectivity index is 2.33. The summed E-state index contributed by atoms with van der Waals surface area (Å²) in [5.74, 6) is -0.860. The molecular formula is C20H30N2O4. The third kappa shape index (κ3) is 8.14. The number of esters is 1. The van der Waals surface area contributed by atoms with Crippen molar-refractivity contribution in [1.29, 1.82) is 0 Å². The molecule has 0 atom stereocenters. The summed E-state index contributed by atoms with van der Waals surface area (Å²) in [6.45, 7) is 10.3. The predicted molar refractivity (Wildman–Crippen MR) is 101 cm³/mol. The summed E-state index contributed by atoms with van der Waals surface area (Å²) in [6, 6.07) is 7.25. The summed E-state index contributed by atoms with van der Waals surface area (Å²) in [5.41, 5.74) is 1.60. The monoisotopic (exact) mass is 362 g/mol. The highest BCUT2D eigenvalue weighted by Gasteiger charge is 2.15. The predicted octanol–water partition coefficient (Wildman–Crippen LogP) is 2.42. The minimum absolute atomic E-state index is 0.00849. The van der Waals surface area contributed by atoms with Crippen molar-refractivity contribution in [3.05, 3.63) is 35.4 Å². The third-order valence-electron chi connectivity index (χ3n) is 3.81. The van der Waals surface area contributed by atoms with E-state index >= 15 is 0 Å². The molecule has 0 heterocycles. The molecule has 0 saturated heterocycles. The standard InChI is InChI=1S/C20H30N2O4/c1-14(2)10-11-21-17(23)13-26-18(24)12-22-19(25)15-6-8-16(9-7-15)20(3,4)5/h6-9,14H,10-13H2,1-5H3,(H,21,23)(H,22,25). The molecule has 0 aliphatic rings. The van der Waals surface area contributed by atoms with Crippen LogP contribution < -0.4 is 10.6 Å². The van der Waals surface area contributed by atoms with Gasteiger partial charge in [0.05, 0.1) is 0 Å². The quantitative estimate of drug-likeness (QED) is 0.696. The van der Waals surface area contributed by atoms with Crippen LogP contribution >= 0.6 is 0 Å². The lowest BCUT2D eigenvalue weighted by atomic mass is 9.87. The second-order valence-electron chi connectivity index (χ2n) is 7.70.